The number of nitrogens with zero attached hydrogens (tertiary/aromatic N) is 1. The van der Waals surface area contributed by atoms with Crippen molar-refractivity contribution in [1.29, 1.82) is 0 Å². The molecule has 0 spiro atoms. The molecule has 1 aliphatic heterocycles. The van der Waals surface area contributed by atoms with Crippen molar-refractivity contribution < 1.29 is 8.42 Å². The summed E-state index contributed by atoms with van der Waals surface area (Å²) in [7, 11) is -3.29. The van der Waals surface area contributed by atoms with Crippen molar-refractivity contribution in [3.8, 4) is 0 Å². The summed E-state index contributed by atoms with van der Waals surface area (Å²) in [5.74, 6) is 0. The van der Waals surface area contributed by atoms with Gasteiger partial charge in [0.2, 0.25) is 0 Å². The van der Waals surface area contributed by atoms with Gasteiger partial charge in [0.1, 0.15) is 4.21 Å². The molecule has 1 aliphatic rings. The van der Waals surface area contributed by atoms with E-state index >= 15 is 0 Å². The summed E-state index contributed by atoms with van der Waals surface area (Å²) in [5.41, 5.74) is 5.56. The highest BCUT2D eigenvalue weighted by Gasteiger charge is 2.33. The van der Waals surface area contributed by atoms with E-state index < -0.39 is 10.0 Å². The van der Waals surface area contributed by atoms with Gasteiger partial charge in [-0.1, -0.05) is 12.5 Å². The molecule has 0 aromatic carbocycles. The average Bonchev–Trinajstić information content (AvgIpc) is 2.84. The Bertz CT molecular complexity index is 440. The van der Waals surface area contributed by atoms with Gasteiger partial charge in [0.25, 0.3) is 10.0 Å². The van der Waals surface area contributed by atoms with Crippen LogP contribution < -0.4 is 5.73 Å². The molecule has 0 unspecified atom stereocenters. The van der Waals surface area contributed by atoms with Crippen molar-refractivity contribution in [3.63, 3.8) is 0 Å². The smallest absolute Gasteiger partial charge is 0.252 e. The Labute approximate surface area is 106 Å². The molecular formula is C11H18N2O2S2. The first-order valence-electron chi connectivity index (χ1n) is 5.91. The van der Waals surface area contributed by atoms with Gasteiger partial charge >= 0.3 is 0 Å². The number of hydrogen-bond acceptors (Lipinski definition) is 4. The molecule has 17 heavy (non-hydrogen) atoms. The zero-order chi connectivity index (χ0) is 12.3. The highest BCUT2D eigenvalue weighted by molar-refractivity contribution is 7.91. The molecule has 6 heteroatoms. The standard InChI is InChI=1S/C11H18N2O2S2/c12-7-6-10-4-1-2-8-13(10)17(14,15)11-5-3-9-16-11/h3,5,9-10H,1-2,4,6-8,12H2/t10-/m1/s1. The van der Waals surface area contributed by atoms with Crippen molar-refractivity contribution in [2.24, 2.45) is 5.73 Å². The third-order valence-corrected chi connectivity index (χ3v) is 6.46. The molecule has 0 amide bonds. The Kier molecular flexibility index (Phi) is 4.19. The summed E-state index contributed by atoms with van der Waals surface area (Å²) in [6.45, 7) is 1.17. The normalized spacial score (nSPS) is 22.8. The largest absolute Gasteiger partial charge is 0.330 e. The fourth-order valence-corrected chi connectivity index (χ4v) is 5.14. The number of hydrogen-bond donors (Lipinski definition) is 1. The Morgan fingerprint density at radius 1 is 1.47 bits per heavy atom. The second-order valence-electron chi connectivity index (χ2n) is 4.27. The van der Waals surface area contributed by atoms with Crippen molar-refractivity contribution in [1.82, 2.24) is 4.31 Å². The monoisotopic (exact) mass is 274 g/mol. The highest BCUT2D eigenvalue weighted by atomic mass is 32.2. The zero-order valence-corrected chi connectivity index (χ0v) is 11.3. The minimum Gasteiger partial charge on any atom is -0.330 e. The number of nitrogens with two attached hydrogens (primary N) is 1. The zero-order valence-electron chi connectivity index (χ0n) is 9.71. The minimum absolute atomic E-state index is 0.0841. The molecular weight excluding hydrogens is 256 g/mol. The van der Waals surface area contributed by atoms with Gasteiger partial charge in [-0.2, -0.15) is 4.31 Å². The number of rotatable bonds is 4. The molecule has 96 valence electrons. The van der Waals surface area contributed by atoms with Crippen molar-refractivity contribution in [2.75, 3.05) is 13.1 Å². The Morgan fingerprint density at radius 2 is 2.29 bits per heavy atom. The Hall–Kier alpha value is -0.430. The van der Waals surface area contributed by atoms with Crippen LogP contribution in [0.2, 0.25) is 0 Å². The first kappa shape index (κ1) is 13.0. The van der Waals surface area contributed by atoms with Gasteiger partial charge < -0.3 is 5.73 Å². The molecule has 2 N–H and O–H groups in total. The Morgan fingerprint density at radius 3 is 2.94 bits per heavy atom. The van der Waals surface area contributed by atoms with Crippen LogP contribution in [0.4, 0.5) is 0 Å². The van der Waals surface area contributed by atoms with E-state index in [1.807, 2.05) is 0 Å². The van der Waals surface area contributed by atoms with Crippen LogP contribution in [-0.4, -0.2) is 31.9 Å². The second-order valence-corrected chi connectivity index (χ2v) is 7.34. The van der Waals surface area contributed by atoms with Crippen LogP contribution in [0, 0.1) is 0 Å². The lowest BCUT2D eigenvalue weighted by Crippen LogP contribution is -2.44. The molecule has 1 aromatic heterocycles. The quantitative estimate of drug-likeness (QED) is 0.908. The second kappa shape index (κ2) is 5.48. The molecule has 1 fully saturated rings. The fraction of sp³-hybridized carbons (Fsp3) is 0.636. The van der Waals surface area contributed by atoms with Crippen LogP contribution >= 0.6 is 11.3 Å². The lowest BCUT2D eigenvalue weighted by atomic mass is 10.0. The molecule has 0 bridgehead atoms. The summed E-state index contributed by atoms with van der Waals surface area (Å²) < 4.78 is 27.0. The van der Waals surface area contributed by atoms with E-state index in [1.54, 1.807) is 21.8 Å². The molecule has 4 nitrogen and oxygen atoms in total. The first-order chi connectivity index (χ1) is 8.16. The van der Waals surface area contributed by atoms with Crippen LogP contribution in [0.5, 0.6) is 0 Å². The van der Waals surface area contributed by atoms with Crippen molar-refractivity contribution in [2.45, 2.75) is 35.9 Å². The van der Waals surface area contributed by atoms with Crippen LogP contribution in [0.1, 0.15) is 25.7 Å². The van der Waals surface area contributed by atoms with Crippen LogP contribution in [0.3, 0.4) is 0 Å². The van der Waals surface area contributed by atoms with Gasteiger partial charge in [0, 0.05) is 12.6 Å². The highest BCUT2D eigenvalue weighted by Crippen LogP contribution is 2.28. The van der Waals surface area contributed by atoms with Gasteiger partial charge in [0.05, 0.1) is 0 Å². The van der Waals surface area contributed by atoms with Gasteiger partial charge in [-0.05, 0) is 37.3 Å². The summed E-state index contributed by atoms with van der Waals surface area (Å²) >= 11 is 1.28. The molecule has 2 heterocycles. The summed E-state index contributed by atoms with van der Waals surface area (Å²) in [5, 5.41) is 1.80. The molecule has 1 aromatic rings. The van der Waals surface area contributed by atoms with E-state index in [0.29, 0.717) is 17.3 Å². The van der Waals surface area contributed by atoms with Gasteiger partial charge in [-0.25, -0.2) is 8.42 Å². The number of thiophene rings is 1. The van der Waals surface area contributed by atoms with E-state index in [9.17, 15) is 8.42 Å². The van der Waals surface area contributed by atoms with E-state index in [1.165, 1.54) is 11.3 Å². The topological polar surface area (TPSA) is 63.4 Å². The lowest BCUT2D eigenvalue weighted by molar-refractivity contribution is 0.243. The van der Waals surface area contributed by atoms with Crippen LogP contribution in [-0.2, 0) is 10.0 Å². The van der Waals surface area contributed by atoms with E-state index in [2.05, 4.69) is 0 Å². The van der Waals surface area contributed by atoms with Crippen molar-refractivity contribution in [3.05, 3.63) is 17.5 Å². The van der Waals surface area contributed by atoms with E-state index in [0.717, 1.165) is 25.7 Å². The van der Waals surface area contributed by atoms with Crippen LogP contribution in [0.25, 0.3) is 0 Å². The van der Waals surface area contributed by atoms with E-state index in [-0.39, 0.29) is 6.04 Å². The maximum Gasteiger partial charge on any atom is 0.252 e. The van der Waals surface area contributed by atoms with Gasteiger partial charge in [-0.3, -0.25) is 0 Å². The van der Waals surface area contributed by atoms with E-state index in [4.69, 9.17) is 5.73 Å². The maximum atomic E-state index is 12.4. The summed E-state index contributed by atoms with van der Waals surface area (Å²) in [6, 6.07) is 3.54. The minimum atomic E-state index is -3.29. The molecule has 2 rings (SSSR count). The molecule has 0 saturated carbocycles. The van der Waals surface area contributed by atoms with Crippen LogP contribution in [0.15, 0.2) is 21.7 Å². The fourth-order valence-electron chi connectivity index (χ4n) is 2.30. The molecule has 0 radical (unpaired) electrons. The average molecular weight is 274 g/mol. The number of sulfonamides is 1. The van der Waals surface area contributed by atoms with Crippen molar-refractivity contribution >= 4 is 21.4 Å². The molecule has 0 aliphatic carbocycles. The number of piperidine rings is 1. The molecule has 1 saturated heterocycles. The predicted octanol–water partition coefficient (Wildman–Crippen LogP) is 1.64. The molecule has 1 atom stereocenters. The van der Waals surface area contributed by atoms with Gasteiger partial charge in [0.15, 0.2) is 0 Å². The predicted molar refractivity (Wildman–Crippen MR) is 69.5 cm³/mol. The lowest BCUT2D eigenvalue weighted by Gasteiger charge is -2.34. The first-order valence-corrected chi connectivity index (χ1v) is 8.23. The SMILES string of the molecule is NCC[C@H]1CCCCN1S(=O)(=O)c1cccs1. The summed E-state index contributed by atoms with van der Waals surface area (Å²) in [6.07, 6.45) is 3.74. The third-order valence-electron chi connectivity index (χ3n) is 3.13. The Balaban J connectivity index is 2.24. The third kappa shape index (κ3) is 2.70. The maximum absolute atomic E-state index is 12.4. The van der Waals surface area contributed by atoms with Gasteiger partial charge in [-0.15, -0.1) is 11.3 Å². The summed E-state index contributed by atoms with van der Waals surface area (Å²) in [4.78, 5) is 0.